The molecule has 0 aliphatic carbocycles. The topological polar surface area (TPSA) is 97.7 Å². The third-order valence-corrected chi connectivity index (χ3v) is 5.02. The molecule has 0 radical (unpaired) electrons. The van der Waals surface area contributed by atoms with Gasteiger partial charge in [0.1, 0.15) is 5.69 Å². The van der Waals surface area contributed by atoms with Crippen LogP contribution in [0.15, 0.2) is 18.6 Å². The Hall–Kier alpha value is -2.57. The van der Waals surface area contributed by atoms with Crippen molar-refractivity contribution in [2.45, 2.75) is 78.5 Å². The van der Waals surface area contributed by atoms with Crippen molar-refractivity contribution in [3.63, 3.8) is 0 Å². The van der Waals surface area contributed by atoms with Gasteiger partial charge < -0.3 is 15.0 Å². The van der Waals surface area contributed by atoms with E-state index in [0.717, 1.165) is 37.3 Å². The van der Waals surface area contributed by atoms with Crippen LogP contribution in [0.1, 0.15) is 71.1 Å². The molecule has 0 spiro atoms. The van der Waals surface area contributed by atoms with E-state index in [9.17, 15) is 4.79 Å². The normalized spacial score (nSPS) is 11.3. The number of hydrogen-bond donors (Lipinski definition) is 2. The number of rotatable bonds is 12. The third-order valence-electron chi connectivity index (χ3n) is 4.79. The fraction of sp³-hybridized carbons (Fsp3) is 0.609. The first-order valence-electron chi connectivity index (χ1n) is 11.1. The highest BCUT2D eigenvalue weighted by Gasteiger charge is 2.18. The van der Waals surface area contributed by atoms with E-state index in [2.05, 4.69) is 65.1 Å². The molecule has 2 aromatic rings. The molecule has 0 fully saturated rings. The molecule has 32 heavy (non-hydrogen) atoms. The van der Waals surface area contributed by atoms with Crippen molar-refractivity contribution in [3.8, 4) is 11.8 Å². The highest BCUT2D eigenvalue weighted by atomic mass is 32.1. The number of carbonyl (C=O) groups excluding carboxylic acids is 1. The Kier molecular flexibility index (Phi) is 10.5. The number of unbranched alkanes of at least 4 members (excludes halogenated alkanes) is 1. The lowest BCUT2D eigenvalue weighted by atomic mass is 10.0. The number of nitrogens with one attached hydrogen (secondary N) is 2. The number of aryl methyl sites for hydroxylation is 1. The lowest BCUT2D eigenvalue weighted by Gasteiger charge is -2.25. The van der Waals surface area contributed by atoms with E-state index >= 15 is 0 Å². The Morgan fingerprint density at radius 3 is 2.94 bits per heavy atom. The average Bonchev–Trinajstić information content (AvgIpc) is 3.19. The van der Waals surface area contributed by atoms with Crippen molar-refractivity contribution in [2.75, 3.05) is 6.61 Å². The molecule has 0 saturated carbocycles. The second kappa shape index (κ2) is 13.1. The summed E-state index contributed by atoms with van der Waals surface area (Å²) < 4.78 is 8.23. The Morgan fingerprint density at radius 1 is 1.41 bits per heavy atom. The van der Waals surface area contributed by atoms with Crippen molar-refractivity contribution in [1.82, 2.24) is 30.3 Å². The molecule has 2 N–H and O–H groups in total. The molecule has 174 valence electrons. The molecule has 0 atom stereocenters. The number of nitrogens with zero attached hydrogens (tertiary/aromatic N) is 4. The van der Waals surface area contributed by atoms with Gasteiger partial charge in [-0.1, -0.05) is 30.9 Å². The minimum absolute atomic E-state index is 0.0218. The molecule has 9 heteroatoms. The summed E-state index contributed by atoms with van der Waals surface area (Å²) >= 11 is 4.89. The van der Waals surface area contributed by atoms with Crippen LogP contribution in [0.4, 0.5) is 0 Å². The zero-order valence-corrected chi connectivity index (χ0v) is 20.3. The van der Waals surface area contributed by atoms with Gasteiger partial charge in [-0.2, -0.15) is 0 Å². The monoisotopic (exact) mass is 458 g/mol. The van der Waals surface area contributed by atoms with E-state index in [0.29, 0.717) is 36.5 Å². The predicted molar refractivity (Wildman–Crippen MR) is 126 cm³/mol. The molecule has 0 aliphatic heterocycles. The minimum Gasteiger partial charge on any atom is -0.375 e. The second-order valence-corrected chi connectivity index (χ2v) is 9.14. The molecular weight excluding hydrogens is 424 g/mol. The van der Waals surface area contributed by atoms with E-state index in [-0.39, 0.29) is 11.5 Å². The molecule has 2 rings (SSSR count). The molecule has 0 unspecified atom stereocenters. The van der Waals surface area contributed by atoms with Gasteiger partial charge in [-0.15, -0.1) is 5.10 Å². The maximum absolute atomic E-state index is 12.0. The molecule has 0 aliphatic rings. The van der Waals surface area contributed by atoms with Gasteiger partial charge in [0.05, 0.1) is 23.9 Å². The van der Waals surface area contributed by atoms with Crippen LogP contribution in [0.2, 0.25) is 0 Å². The summed E-state index contributed by atoms with van der Waals surface area (Å²) in [5, 5.41) is 11.2. The van der Waals surface area contributed by atoms with Crippen LogP contribution in [0.3, 0.4) is 0 Å². The standard InChI is InChI=1S/C23H34N6O2S/c1-18(2)10-13-31-23(3,4)11-12-29-17-20(27-28-29)16-24-21(30)9-7-5-6-8-19-14-25-22(32)26-15-19/h14-15,17-18H,5,7,9-13,16H2,1-4H3,(H,24,30)(H,25,26,32). The molecule has 0 aromatic carbocycles. The fourth-order valence-corrected chi connectivity index (χ4v) is 2.86. The Labute approximate surface area is 195 Å². The zero-order valence-electron chi connectivity index (χ0n) is 19.5. The van der Waals surface area contributed by atoms with Crippen molar-refractivity contribution < 1.29 is 9.53 Å². The van der Waals surface area contributed by atoms with Gasteiger partial charge in [0.15, 0.2) is 4.77 Å². The summed E-state index contributed by atoms with van der Waals surface area (Å²) in [6.45, 7) is 10.4. The first-order chi connectivity index (χ1) is 15.2. The third kappa shape index (κ3) is 10.6. The number of ether oxygens (including phenoxy) is 1. The molecule has 2 heterocycles. The summed E-state index contributed by atoms with van der Waals surface area (Å²) in [4.78, 5) is 18.9. The maximum atomic E-state index is 12.0. The lowest BCUT2D eigenvalue weighted by molar-refractivity contribution is -0.121. The van der Waals surface area contributed by atoms with Crippen molar-refractivity contribution in [3.05, 3.63) is 34.6 Å². The van der Waals surface area contributed by atoms with Crippen LogP contribution in [-0.4, -0.2) is 43.1 Å². The van der Waals surface area contributed by atoms with Gasteiger partial charge in [0, 0.05) is 38.4 Å². The Bertz CT molecular complexity index is 950. The SMILES string of the molecule is CC(C)CCOC(C)(C)CCn1cc(CNC(=O)CCCC#Cc2cnc(=S)[nH]c2)nn1. The average molecular weight is 459 g/mol. The van der Waals surface area contributed by atoms with E-state index in [4.69, 9.17) is 17.0 Å². The predicted octanol–water partition coefficient (Wildman–Crippen LogP) is 3.80. The van der Waals surface area contributed by atoms with Gasteiger partial charge in [-0.3, -0.25) is 9.48 Å². The molecular formula is C23H34N6O2S. The van der Waals surface area contributed by atoms with Crippen LogP contribution < -0.4 is 5.32 Å². The van der Waals surface area contributed by atoms with E-state index in [1.165, 1.54) is 0 Å². The zero-order chi connectivity index (χ0) is 23.4. The van der Waals surface area contributed by atoms with Gasteiger partial charge in [0.25, 0.3) is 0 Å². The smallest absolute Gasteiger partial charge is 0.220 e. The van der Waals surface area contributed by atoms with Crippen molar-refractivity contribution in [1.29, 1.82) is 0 Å². The van der Waals surface area contributed by atoms with Crippen LogP contribution >= 0.6 is 12.2 Å². The van der Waals surface area contributed by atoms with E-state index in [1.807, 2.05) is 6.20 Å². The van der Waals surface area contributed by atoms with Gasteiger partial charge in [0.2, 0.25) is 5.91 Å². The largest absolute Gasteiger partial charge is 0.375 e. The van der Waals surface area contributed by atoms with Crippen molar-refractivity contribution in [2.24, 2.45) is 5.92 Å². The molecule has 0 bridgehead atoms. The highest BCUT2D eigenvalue weighted by molar-refractivity contribution is 7.71. The van der Waals surface area contributed by atoms with E-state index < -0.39 is 0 Å². The fourth-order valence-electron chi connectivity index (χ4n) is 2.75. The Morgan fingerprint density at radius 2 is 2.22 bits per heavy atom. The minimum atomic E-state index is -0.207. The highest BCUT2D eigenvalue weighted by Crippen LogP contribution is 2.17. The van der Waals surface area contributed by atoms with Crippen LogP contribution in [0, 0.1) is 22.5 Å². The lowest BCUT2D eigenvalue weighted by Crippen LogP contribution is -2.27. The number of hydrogen-bond acceptors (Lipinski definition) is 6. The van der Waals surface area contributed by atoms with Crippen LogP contribution in [0.25, 0.3) is 0 Å². The first-order valence-corrected chi connectivity index (χ1v) is 11.5. The number of carbonyl (C=O) groups is 1. The summed E-state index contributed by atoms with van der Waals surface area (Å²) in [7, 11) is 0. The molecule has 2 aromatic heterocycles. The van der Waals surface area contributed by atoms with Crippen LogP contribution in [-0.2, 0) is 22.6 Å². The maximum Gasteiger partial charge on any atom is 0.220 e. The molecule has 0 saturated heterocycles. The second-order valence-electron chi connectivity index (χ2n) is 8.75. The van der Waals surface area contributed by atoms with Gasteiger partial charge >= 0.3 is 0 Å². The van der Waals surface area contributed by atoms with E-state index in [1.54, 1.807) is 17.1 Å². The van der Waals surface area contributed by atoms with Crippen LogP contribution in [0.5, 0.6) is 0 Å². The number of H-pyrrole nitrogens is 1. The number of aromatic nitrogens is 5. The summed E-state index contributed by atoms with van der Waals surface area (Å²) in [5.41, 5.74) is 1.31. The van der Waals surface area contributed by atoms with Gasteiger partial charge in [-0.05, 0) is 51.2 Å². The summed E-state index contributed by atoms with van der Waals surface area (Å²) in [5.74, 6) is 6.65. The molecule has 8 nitrogen and oxygen atoms in total. The number of amides is 1. The first kappa shape index (κ1) is 25.7. The summed E-state index contributed by atoms with van der Waals surface area (Å²) in [6, 6.07) is 0. The summed E-state index contributed by atoms with van der Waals surface area (Å²) in [6.07, 6.45) is 8.86. The molecule has 1 amide bonds. The van der Waals surface area contributed by atoms with Gasteiger partial charge in [-0.25, -0.2) is 4.98 Å². The number of aromatic amines is 1. The Balaban J connectivity index is 1.63. The quantitative estimate of drug-likeness (QED) is 0.285. The van der Waals surface area contributed by atoms with Crippen molar-refractivity contribution >= 4 is 18.1 Å².